The van der Waals surface area contributed by atoms with Gasteiger partial charge < -0.3 is 5.32 Å². The highest BCUT2D eigenvalue weighted by atomic mass is 35.5. The molecule has 0 aliphatic heterocycles. The van der Waals surface area contributed by atoms with Crippen LogP contribution in [0.25, 0.3) is 0 Å². The molecule has 0 heterocycles. The maximum absolute atomic E-state index is 12.1. The van der Waals surface area contributed by atoms with Crippen LogP contribution in [0.3, 0.4) is 0 Å². The van der Waals surface area contributed by atoms with Gasteiger partial charge in [0.15, 0.2) is 0 Å². The van der Waals surface area contributed by atoms with Crippen LogP contribution in [0.5, 0.6) is 0 Å². The molecule has 2 rings (SSSR count). The van der Waals surface area contributed by atoms with E-state index < -0.39 is 9.75 Å². The molecular weight excluding hydrogens is 305 g/mol. The standard InChI is InChI=1S/C14H16Cl3NO/c1-9(6-10-4-3-5-11(15)7-10)18-12(19)13(2)8-14(13,16)17/h3-5,7,9H,6,8H2,1-2H3,(H,18,19)/t9-,13+/m1/s1. The van der Waals surface area contributed by atoms with Crippen molar-refractivity contribution in [3.05, 3.63) is 34.9 Å². The summed E-state index contributed by atoms with van der Waals surface area (Å²) in [5, 5.41) is 3.65. The van der Waals surface area contributed by atoms with Crippen molar-refractivity contribution >= 4 is 40.7 Å². The first-order valence-electron chi connectivity index (χ1n) is 6.18. The topological polar surface area (TPSA) is 29.1 Å². The minimum absolute atomic E-state index is 0.00697. The molecule has 5 heteroatoms. The lowest BCUT2D eigenvalue weighted by Crippen LogP contribution is -2.40. The average molecular weight is 321 g/mol. The average Bonchev–Trinajstić information content (AvgIpc) is 2.79. The number of hydrogen-bond donors (Lipinski definition) is 1. The molecule has 1 aromatic carbocycles. The Kier molecular flexibility index (Phi) is 4.06. The molecule has 1 N–H and O–H groups in total. The predicted octanol–water partition coefficient (Wildman–Crippen LogP) is 3.97. The van der Waals surface area contributed by atoms with E-state index in [0.29, 0.717) is 11.4 Å². The third-order valence-corrected chi connectivity index (χ3v) is 4.90. The summed E-state index contributed by atoms with van der Waals surface area (Å²) in [6.07, 6.45) is 1.22. The van der Waals surface area contributed by atoms with Gasteiger partial charge in [-0.05, 0) is 44.4 Å². The molecule has 1 fully saturated rings. The number of halogens is 3. The first-order chi connectivity index (χ1) is 8.74. The highest BCUT2D eigenvalue weighted by molar-refractivity contribution is 6.53. The Balaban J connectivity index is 1.92. The van der Waals surface area contributed by atoms with Gasteiger partial charge in [-0.25, -0.2) is 0 Å². The van der Waals surface area contributed by atoms with E-state index in [1.807, 2.05) is 31.2 Å². The number of carbonyl (C=O) groups is 1. The van der Waals surface area contributed by atoms with E-state index in [0.717, 1.165) is 12.0 Å². The fourth-order valence-electron chi connectivity index (χ4n) is 2.10. The smallest absolute Gasteiger partial charge is 0.229 e. The second-order valence-electron chi connectivity index (χ2n) is 5.42. The van der Waals surface area contributed by atoms with Crippen molar-refractivity contribution < 1.29 is 4.79 Å². The van der Waals surface area contributed by atoms with Crippen LogP contribution in [0.4, 0.5) is 0 Å². The van der Waals surface area contributed by atoms with Crippen molar-refractivity contribution in [3.8, 4) is 0 Å². The first-order valence-corrected chi connectivity index (χ1v) is 7.31. The lowest BCUT2D eigenvalue weighted by molar-refractivity contribution is -0.126. The summed E-state index contributed by atoms with van der Waals surface area (Å²) in [5.74, 6) is -0.0907. The van der Waals surface area contributed by atoms with E-state index in [-0.39, 0.29) is 11.9 Å². The molecule has 2 nitrogen and oxygen atoms in total. The summed E-state index contributed by atoms with van der Waals surface area (Å²) in [5.41, 5.74) is 0.419. The molecule has 104 valence electrons. The molecule has 19 heavy (non-hydrogen) atoms. The number of nitrogens with one attached hydrogen (secondary N) is 1. The molecule has 1 saturated carbocycles. The predicted molar refractivity (Wildman–Crippen MR) is 79.9 cm³/mol. The molecular formula is C14H16Cl3NO. The van der Waals surface area contributed by atoms with Gasteiger partial charge in [-0.15, -0.1) is 23.2 Å². The third-order valence-electron chi connectivity index (χ3n) is 3.57. The molecule has 2 atom stereocenters. The third kappa shape index (κ3) is 3.18. The van der Waals surface area contributed by atoms with E-state index in [2.05, 4.69) is 5.32 Å². The van der Waals surface area contributed by atoms with Crippen molar-refractivity contribution in [2.45, 2.75) is 37.1 Å². The van der Waals surface area contributed by atoms with Gasteiger partial charge >= 0.3 is 0 Å². The molecule has 1 aliphatic carbocycles. The SMILES string of the molecule is C[C@H](Cc1cccc(Cl)c1)NC(=O)[C@]1(C)CC1(Cl)Cl. The van der Waals surface area contributed by atoms with Crippen molar-refractivity contribution in [2.24, 2.45) is 5.41 Å². The molecule has 1 aromatic rings. The van der Waals surface area contributed by atoms with Crippen LogP contribution in [-0.4, -0.2) is 16.3 Å². The molecule has 1 amide bonds. The zero-order chi connectivity index (χ0) is 14.3. The summed E-state index contributed by atoms with van der Waals surface area (Å²) in [6, 6.07) is 7.62. The quantitative estimate of drug-likeness (QED) is 0.836. The van der Waals surface area contributed by atoms with Crippen molar-refractivity contribution in [1.29, 1.82) is 0 Å². The van der Waals surface area contributed by atoms with Crippen molar-refractivity contribution in [3.63, 3.8) is 0 Å². The van der Waals surface area contributed by atoms with Gasteiger partial charge in [0.2, 0.25) is 5.91 Å². The highest BCUT2D eigenvalue weighted by Gasteiger charge is 2.67. The zero-order valence-corrected chi connectivity index (χ0v) is 13.1. The summed E-state index contributed by atoms with van der Waals surface area (Å²) < 4.78 is -0.924. The van der Waals surface area contributed by atoms with Gasteiger partial charge in [0.25, 0.3) is 0 Å². The summed E-state index contributed by atoms with van der Waals surface area (Å²) in [7, 11) is 0. The Hall–Kier alpha value is -0.440. The van der Waals surface area contributed by atoms with E-state index in [1.54, 1.807) is 6.92 Å². The van der Waals surface area contributed by atoms with Crippen molar-refractivity contribution in [2.75, 3.05) is 0 Å². The van der Waals surface area contributed by atoms with Crippen LogP contribution >= 0.6 is 34.8 Å². The Morgan fingerprint density at radius 2 is 2.11 bits per heavy atom. The summed E-state index contributed by atoms with van der Waals surface area (Å²) >= 11 is 17.9. The van der Waals surface area contributed by atoms with Gasteiger partial charge in [-0.2, -0.15) is 0 Å². The fourth-order valence-corrected chi connectivity index (χ4v) is 3.02. The van der Waals surface area contributed by atoms with Crippen LogP contribution < -0.4 is 5.32 Å². The second-order valence-corrected chi connectivity index (χ2v) is 7.34. The van der Waals surface area contributed by atoms with Crippen LogP contribution in [-0.2, 0) is 11.2 Å². The van der Waals surface area contributed by atoms with E-state index >= 15 is 0 Å². The molecule has 0 spiro atoms. The largest absolute Gasteiger partial charge is 0.353 e. The molecule has 0 bridgehead atoms. The summed E-state index contributed by atoms with van der Waals surface area (Å²) in [6.45, 7) is 3.74. The highest BCUT2D eigenvalue weighted by Crippen LogP contribution is 2.63. The maximum Gasteiger partial charge on any atom is 0.229 e. The number of alkyl halides is 2. The Morgan fingerprint density at radius 1 is 1.47 bits per heavy atom. The van der Waals surface area contributed by atoms with Gasteiger partial charge in [-0.1, -0.05) is 23.7 Å². The summed E-state index contributed by atoms with van der Waals surface area (Å²) in [4.78, 5) is 12.1. The Bertz CT molecular complexity index is 503. The minimum Gasteiger partial charge on any atom is -0.353 e. The molecule has 0 unspecified atom stereocenters. The number of hydrogen-bond acceptors (Lipinski definition) is 1. The molecule has 1 aliphatic rings. The number of benzene rings is 1. The zero-order valence-electron chi connectivity index (χ0n) is 10.8. The van der Waals surface area contributed by atoms with Gasteiger partial charge in [0.1, 0.15) is 4.33 Å². The van der Waals surface area contributed by atoms with E-state index in [1.165, 1.54) is 0 Å². The number of rotatable bonds is 4. The van der Waals surface area contributed by atoms with Gasteiger partial charge in [0.05, 0.1) is 5.41 Å². The Morgan fingerprint density at radius 3 is 2.63 bits per heavy atom. The minimum atomic E-state index is -0.924. The lowest BCUT2D eigenvalue weighted by Gasteiger charge is -2.18. The van der Waals surface area contributed by atoms with E-state index in [9.17, 15) is 4.79 Å². The van der Waals surface area contributed by atoms with Crippen LogP contribution in [0, 0.1) is 5.41 Å². The van der Waals surface area contributed by atoms with Gasteiger partial charge in [0, 0.05) is 11.1 Å². The molecule has 0 saturated heterocycles. The number of carbonyl (C=O) groups excluding carboxylic acids is 1. The lowest BCUT2D eigenvalue weighted by atomic mass is 10.0. The van der Waals surface area contributed by atoms with Crippen LogP contribution in [0.15, 0.2) is 24.3 Å². The first kappa shape index (κ1) is 15.0. The Labute approximate surface area is 128 Å². The van der Waals surface area contributed by atoms with Crippen LogP contribution in [0.2, 0.25) is 5.02 Å². The number of amides is 1. The normalized spacial score (nSPS) is 25.7. The second kappa shape index (κ2) is 5.16. The van der Waals surface area contributed by atoms with E-state index in [4.69, 9.17) is 34.8 Å². The molecule has 0 radical (unpaired) electrons. The van der Waals surface area contributed by atoms with Crippen LogP contribution in [0.1, 0.15) is 25.8 Å². The monoisotopic (exact) mass is 319 g/mol. The van der Waals surface area contributed by atoms with Gasteiger partial charge in [-0.3, -0.25) is 4.79 Å². The van der Waals surface area contributed by atoms with Crippen molar-refractivity contribution in [1.82, 2.24) is 5.32 Å². The fraction of sp³-hybridized carbons (Fsp3) is 0.500. The molecule has 0 aromatic heterocycles. The maximum atomic E-state index is 12.1.